The summed E-state index contributed by atoms with van der Waals surface area (Å²) in [6.07, 6.45) is 0.264. The quantitative estimate of drug-likeness (QED) is 0.542. The molecule has 2 aromatic rings. The van der Waals surface area contributed by atoms with Crippen molar-refractivity contribution in [1.82, 2.24) is 0 Å². The predicted molar refractivity (Wildman–Crippen MR) is 61.1 cm³/mol. The second kappa shape index (κ2) is 4.44. The van der Waals surface area contributed by atoms with Crippen LogP contribution in [0.2, 0.25) is 0 Å². The minimum absolute atomic E-state index is 0.264. The molecule has 1 aromatic heterocycles. The maximum absolute atomic E-state index is 3.19. The van der Waals surface area contributed by atoms with E-state index in [4.69, 9.17) is 0 Å². The summed E-state index contributed by atoms with van der Waals surface area (Å²) >= 11 is 0. The third-order valence-corrected chi connectivity index (χ3v) is 2.02. The summed E-state index contributed by atoms with van der Waals surface area (Å²) in [6.45, 7) is 0. The first-order valence-electron chi connectivity index (χ1n) is 4.70. The van der Waals surface area contributed by atoms with E-state index in [0.29, 0.717) is 0 Å². The number of benzene rings is 1. The second-order valence-corrected chi connectivity index (χ2v) is 3.12. The molecule has 1 heteroatoms. The highest BCUT2D eigenvalue weighted by atomic mass is 13.8. The molecule has 0 aliphatic rings. The van der Waals surface area contributed by atoms with E-state index in [1.807, 2.05) is 48.5 Å². The van der Waals surface area contributed by atoms with E-state index in [1.165, 1.54) is 0 Å². The van der Waals surface area contributed by atoms with E-state index in [0.717, 1.165) is 5.56 Å². The molecule has 14 heavy (non-hydrogen) atoms. The molecular weight excluding hydrogens is 167 g/mol. The lowest BCUT2D eigenvalue weighted by molar-refractivity contribution is 1.65. The van der Waals surface area contributed by atoms with E-state index in [9.17, 15) is 0 Å². The largest absolute Gasteiger partial charge is 0.325 e. The molecule has 0 N–H and O–H groups in total. The van der Waals surface area contributed by atoms with E-state index in [2.05, 4.69) is 23.7 Å². The minimum Gasteiger partial charge on any atom is -0.325 e. The van der Waals surface area contributed by atoms with Gasteiger partial charge in [0.1, 0.15) is 0 Å². The average Bonchev–Trinajstić information content (AvgIpc) is 2.29. The molecule has 2 rings (SSSR count). The van der Waals surface area contributed by atoms with E-state index in [-0.39, 0.29) is 6.34 Å². The van der Waals surface area contributed by atoms with Crippen molar-refractivity contribution < 1.29 is 0 Å². The Balaban J connectivity index is 2.24. The molecule has 0 spiro atoms. The van der Waals surface area contributed by atoms with Gasteiger partial charge in [-0.2, -0.15) is 0 Å². The van der Waals surface area contributed by atoms with Gasteiger partial charge in [-0.15, -0.1) is 18.1 Å². The smallest absolute Gasteiger partial charge is 0.0207 e. The summed E-state index contributed by atoms with van der Waals surface area (Å²) < 4.78 is 0. The number of rotatable bonds is 0. The first-order chi connectivity index (χ1) is 6.95. The summed E-state index contributed by atoms with van der Waals surface area (Å²) in [7, 11) is 0. The predicted octanol–water partition coefficient (Wildman–Crippen LogP) is 2.57. The van der Waals surface area contributed by atoms with Gasteiger partial charge in [-0.3, -0.25) is 0 Å². The Morgan fingerprint density at radius 2 is 1.43 bits per heavy atom. The summed E-state index contributed by atoms with van der Waals surface area (Å²) in [5, 5.41) is 0. The Morgan fingerprint density at radius 3 is 2.14 bits per heavy atom. The van der Waals surface area contributed by atoms with Crippen LogP contribution in [0.15, 0.2) is 60.5 Å². The van der Waals surface area contributed by atoms with Gasteiger partial charge in [0.15, 0.2) is 0 Å². The highest BCUT2D eigenvalue weighted by Gasteiger charge is 1.78. The molecular formula is C13H10B-. The van der Waals surface area contributed by atoms with Crippen LogP contribution in [0.1, 0.15) is 5.56 Å². The van der Waals surface area contributed by atoms with Crippen LogP contribution >= 0.6 is 0 Å². The maximum atomic E-state index is 3.19. The number of hydrogen-bond acceptors (Lipinski definition) is 0. The lowest BCUT2D eigenvalue weighted by atomic mass is 9.67. The SMILES string of the molecule is C(#Cc1ccccc1)[b-]1ccccc1. The van der Waals surface area contributed by atoms with Gasteiger partial charge in [0, 0.05) is 5.56 Å². The summed E-state index contributed by atoms with van der Waals surface area (Å²) in [6, 6.07) is 16.1. The molecule has 0 bridgehead atoms. The van der Waals surface area contributed by atoms with Crippen molar-refractivity contribution in [3.63, 3.8) is 0 Å². The molecule has 0 nitrogen and oxygen atoms in total. The molecule has 66 valence electrons. The van der Waals surface area contributed by atoms with Crippen molar-refractivity contribution in [3.8, 4) is 11.7 Å². The maximum Gasteiger partial charge on any atom is 0.0207 e. The third-order valence-electron chi connectivity index (χ3n) is 2.02. The topological polar surface area (TPSA) is 0 Å². The molecule has 0 saturated heterocycles. The summed E-state index contributed by atoms with van der Waals surface area (Å²) in [5.74, 6) is 10.5. The zero-order chi connectivity index (χ0) is 9.64. The monoisotopic (exact) mass is 177 g/mol. The van der Waals surface area contributed by atoms with Crippen LogP contribution in [0.5, 0.6) is 0 Å². The van der Waals surface area contributed by atoms with Gasteiger partial charge in [0.2, 0.25) is 0 Å². The van der Waals surface area contributed by atoms with Crippen molar-refractivity contribution in [2.24, 2.45) is 0 Å². The van der Waals surface area contributed by atoms with E-state index < -0.39 is 0 Å². The van der Waals surface area contributed by atoms with Crippen LogP contribution in [-0.4, -0.2) is 6.34 Å². The normalized spacial score (nSPS) is 8.86. The Bertz CT molecular complexity index is 405. The van der Waals surface area contributed by atoms with E-state index >= 15 is 0 Å². The van der Waals surface area contributed by atoms with Gasteiger partial charge < -0.3 is 5.82 Å². The average molecular weight is 177 g/mol. The van der Waals surface area contributed by atoms with Crippen LogP contribution in [0.25, 0.3) is 0 Å². The van der Waals surface area contributed by atoms with Gasteiger partial charge in [-0.25, -0.2) is 11.9 Å². The molecule has 0 radical (unpaired) electrons. The zero-order valence-corrected chi connectivity index (χ0v) is 7.85. The van der Waals surface area contributed by atoms with Crippen molar-refractivity contribution in [1.29, 1.82) is 0 Å². The van der Waals surface area contributed by atoms with Gasteiger partial charge in [0.25, 0.3) is 0 Å². The Hall–Kier alpha value is -1.81. The number of hydrogen-bond donors (Lipinski definition) is 0. The van der Waals surface area contributed by atoms with E-state index in [1.54, 1.807) is 0 Å². The molecule has 0 amide bonds. The highest BCUT2D eigenvalue weighted by molar-refractivity contribution is 6.59. The molecule has 0 fully saturated rings. The van der Waals surface area contributed by atoms with Crippen LogP contribution in [0, 0.1) is 11.7 Å². The van der Waals surface area contributed by atoms with Gasteiger partial charge >= 0.3 is 0 Å². The molecule has 0 saturated carbocycles. The van der Waals surface area contributed by atoms with Crippen molar-refractivity contribution in [2.75, 3.05) is 0 Å². The fourth-order valence-electron chi connectivity index (χ4n) is 1.28. The standard InChI is InChI=1S/C13H10B/c1-3-7-13(8-4-1)9-12-14-10-5-2-6-11-14/h1-8,10-11H/q-1. The van der Waals surface area contributed by atoms with Crippen molar-refractivity contribution in [3.05, 3.63) is 66.0 Å². The van der Waals surface area contributed by atoms with Gasteiger partial charge in [-0.05, 0) is 18.5 Å². The fourth-order valence-corrected chi connectivity index (χ4v) is 1.28. The first-order valence-corrected chi connectivity index (χ1v) is 4.70. The Labute approximate surface area is 84.7 Å². The van der Waals surface area contributed by atoms with Crippen LogP contribution in [-0.2, 0) is 0 Å². The first kappa shape index (κ1) is 8.78. The fraction of sp³-hybridized carbons (Fsp3) is 0. The highest BCUT2D eigenvalue weighted by Crippen LogP contribution is 1.94. The van der Waals surface area contributed by atoms with Gasteiger partial charge in [0.05, 0.1) is 0 Å². The Kier molecular flexibility index (Phi) is 2.78. The van der Waals surface area contributed by atoms with Crippen molar-refractivity contribution >= 4 is 6.34 Å². The zero-order valence-electron chi connectivity index (χ0n) is 7.85. The lowest BCUT2D eigenvalue weighted by Crippen LogP contribution is -1.88. The molecule has 1 aromatic carbocycles. The molecule has 0 aliphatic carbocycles. The van der Waals surface area contributed by atoms with Crippen molar-refractivity contribution in [2.45, 2.75) is 0 Å². The van der Waals surface area contributed by atoms with Crippen LogP contribution in [0.4, 0.5) is 0 Å². The molecule has 1 heterocycles. The Morgan fingerprint density at radius 1 is 0.786 bits per heavy atom. The summed E-state index contributed by atoms with van der Waals surface area (Å²) in [5.41, 5.74) is 1.07. The third kappa shape index (κ3) is 2.34. The molecule has 0 aliphatic heterocycles. The second-order valence-electron chi connectivity index (χ2n) is 3.12. The molecule has 0 unspecified atom stereocenters. The van der Waals surface area contributed by atoms with Crippen LogP contribution in [0.3, 0.4) is 0 Å². The minimum atomic E-state index is 0.264. The lowest BCUT2D eigenvalue weighted by Gasteiger charge is -1.98. The molecule has 0 atom stereocenters. The van der Waals surface area contributed by atoms with Crippen LogP contribution < -0.4 is 0 Å². The summed E-state index contributed by atoms with van der Waals surface area (Å²) in [4.78, 5) is 0. The van der Waals surface area contributed by atoms with Gasteiger partial charge in [-0.1, -0.05) is 24.3 Å².